The molecular formula is C3H8LaO2. The fourth-order valence-electron chi connectivity index (χ4n) is 0.136. The molecular weight excluding hydrogens is 207 g/mol. The van der Waals surface area contributed by atoms with Crippen LogP contribution in [0.25, 0.3) is 0 Å². The molecule has 0 aliphatic heterocycles. The third kappa shape index (κ3) is 5.11. The molecule has 0 aliphatic carbocycles. The molecule has 2 nitrogen and oxygen atoms in total. The van der Waals surface area contributed by atoms with E-state index in [0.717, 1.165) is 6.61 Å². The molecule has 0 N–H and O–H groups in total. The van der Waals surface area contributed by atoms with E-state index in [1.54, 1.807) is 7.11 Å². The molecule has 0 saturated carbocycles. The minimum absolute atomic E-state index is 0.823. The minimum atomic E-state index is -1.07. The van der Waals surface area contributed by atoms with Gasteiger partial charge in [-0.1, -0.05) is 0 Å². The van der Waals surface area contributed by atoms with Crippen molar-refractivity contribution in [2.75, 3.05) is 13.7 Å². The molecule has 0 unspecified atom stereocenters. The van der Waals surface area contributed by atoms with Gasteiger partial charge in [-0.05, 0) is 0 Å². The second-order valence-electron chi connectivity index (χ2n) is 0.787. The quantitative estimate of drug-likeness (QED) is 0.641. The molecule has 0 spiro atoms. The van der Waals surface area contributed by atoms with E-state index in [1.807, 2.05) is 6.92 Å². The summed E-state index contributed by atoms with van der Waals surface area (Å²) in [6.07, 6.45) is 0. The first kappa shape index (κ1) is 7.11. The Bertz CT molecular complexity index is 20.8. The van der Waals surface area contributed by atoms with Crippen molar-refractivity contribution in [3.63, 3.8) is 0 Å². The van der Waals surface area contributed by atoms with Crippen LogP contribution in [0.2, 0.25) is 0 Å². The summed E-state index contributed by atoms with van der Waals surface area (Å²) in [5, 5.41) is 0. The van der Waals surface area contributed by atoms with Crippen molar-refractivity contribution in [2.45, 2.75) is 6.92 Å². The molecule has 35 valence electrons. The second kappa shape index (κ2) is 6.11. The van der Waals surface area contributed by atoms with E-state index in [1.165, 1.54) is 0 Å². The van der Waals surface area contributed by atoms with Crippen molar-refractivity contribution in [3.8, 4) is 0 Å². The third-order valence-electron chi connectivity index (χ3n) is 0.331. The predicted octanol–water partition coefficient (Wildman–Crippen LogP) is 0.584. The standard InChI is InChI=1S/C2H5O.CH3O.La/c1-2-3;1-2;/h2H2,1H3;1H3;/q2*-1;+2. The van der Waals surface area contributed by atoms with E-state index in [4.69, 9.17) is 3.41 Å². The van der Waals surface area contributed by atoms with E-state index in [0.29, 0.717) is 0 Å². The van der Waals surface area contributed by atoms with Gasteiger partial charge in [0.2, 0.25) is 0 Å². The summed E-state index contributed by atoms with van der Waals surface area (Å²) in [6.45, 7) is 2.80. The Labute approximate surface area is 56.7 Å². The monoisotopic (exact) mass is 215 g/mol. The van der Waals surface area contributed by atoms with Crippen LogP contribution in [0.15, 0.2) is 0 Å². The Hall–Kier alpha value is 1.11. The Morgan fingerprint density at radius 2 is 2.33 bits per heavy atom. The van der Waals surface area contributed by atoms with E-state index < -0.39 is 32.9 Å². The molecule has 0 radical (unpaired) electrons. The summed E-state index contributed by atoms with van der Waals surface area (Å²) in [5.41, 5.74) is 0. The average Bonchev–Trinajstić information content (AvgIpc) is 1.61. The molecule has 0 heterocycles. The topological polar surface area (TPSA) is 18.5 Å². The molecule has 0 rings (SSSR count). The first-order chi connectivity index (χ1) is 2.91. The summed E-state index contributed by atoms with van der Waals surface area (Å²) in [7, 11) is 1.70. The Morgan fingerprint density at radius 1 is 1.67 bits per heavy atom. The van der Waals surface area contributed by atoms with Crippen molar-refractivity contribution in [3.05, 3.63) is 0 Å². The van der Waals surface area contributed by atoms with Crippen LogP contribution in [-0.4, -0.2) is 13.7 Å². The van der Waals surface area contributed by atoms with Crippen molar-refractivity contribution in [2.24, 2.45) is 0 Å². The predicted molar refractivity (Wildman–Crippen MR) is 18.6 cm³/mol. The van der Waals surface area contributed by atoms with Gasteiger partial charge in [0.25, 0.3) is 0 Å². The Morgan fingerprint density at radius 3 is 2.50 bits per heavy atom. The molecule has 0 saturated heterocycles. The van der Waals surface area contributed by atoms with E-state index >= 15 is 0 Å². The van der Waals surface area contributed by atoms with Gasteiger partial charge in [-0.3, -0.25) is 0 Å². The molecule has 3 heteroatoms. The van der Waals surface area contributed by atoms with Gasteiger partial charge in [0.05, 0.1) is 0 Å². The zero-order chi connectivity index (χ0) is 4.83. The normalized spacial score (nSPS) is 7.67. The van der Waals surface area contributed by atoms with Gasteiger partial charge in [0, 0.05) is 0 Å². The number of hydrogen-bond donors (Lipinski definition) is 0. The van der Waals surface area contributed by atoms with Crippen molar-refractivity contribution < 1.29 is 36.4 Å². The summed E-state index contributed by atoms with van der Waals surface area (Å²) in [4.78, 5) is 0. The summed E-state index contributed by atoms with van der Waals surface area (Å²) >= 11 is -1.07. The van der Waals surface area contributed by atoms with Crippen LogP contribution in [0.4, 0.5) is 0 Å². The van der Waals surface area contributed by atoms with Crippen LogP contribution in [0.5, 0.6) is 0 Å². The van der Waals surface area contributed by atoms with E-state index in [-0.39, 0.29) is 0 Å². The molecule has 0 amide bonds. The van der Waals surface area contributed by atoms with Gasteiger partial charge in [-0.15, -0.1) is 0 Å². The fraction of sp³-hybridized carbons (Fsp3) is 1.00. The van der Waals surface area contributed by atoms with Crippen molar-refractivity contribution in [1.82, 2.24) is 0 Å². The first-order valence-corrected chi connectivity index (χ1v) is 4.84. The summed E-state index contributed by atoms with van der Waals surface area (Å²) < 4.78 is 9.74. The number of hydrogen-bond acceptors (Lipinski definition) is 2. The van der Waals surface area contributed by atoms with Crippen LogP contribution in [-0.2, 0) is 3.41 Å². The maximum atomic E-state index is 4.97. The SMILES string of the molecule is CC[O][La][O]C. The van der Waals surface area contributed by atoms with Gasteiger partial charge in [0.1, 0.15) is 0 Å². The van der Waals surface area contributed by atoms with Crippen LogP contribution in [0.3, 0.4) is 0 Å². The molecule has 0 aromatic carbocycles. The third-order valence-corrected chi connectivity index (χ3v) is 2.41. The average molecular weight is 215 g/mol. The van der Waals surface area contributed by atoms with E-state index in [9.17, 15) is 0 Å². The molecule has 0 bridgehead atoms. The van der Waals surface area contributed by atoms with Gasteiger partial charge < -0.3 is 0 Å². The van der Waals surface area contributed by atoms with Crippen LogP contribution < -0.4 is 0 Å². The molecule has 0 aromatic heterocycles. The van der Waals surface area contributed by atoms with Crippen molar-refractivity contribution in [1.29, 1.82) is 0 Å². The van der Waals surface area contributed by atoms with Gasteiger partial charge in [-0.25, -0.2) is 0 Å². The first-order valence-electron chi connectivity index (χ1n) is 1.88. The van der Waals surface area contributed by atoms with Gasteiger partial charge in [-0.2, -0.15) is 0 Å². The molecule has 0 aromatic rings. The summed E-state index contributed by atoms with van der Waals surface area (Å²) in [5.74, 6) is 0. The van der Waals surface area contributed by atoms with Gasteiger partial charge in [0.15, 0.2) is 0 Å². The molecule has 0 fully saturated rings. The zero-order valence-corrected chi connectivity index (χ0v) is 7.73. The van der Waals surface area contributed by atoms with E-state index in [2.05, 4.69) is 0 Å². The van der Waals surface area contributed by atoms with Crippen molar-refractivity contribution >= 4 is 0 Å². The zero-order valence-electron chi connectivity index (χ0n) is 4.10. The molecule has 0 atom stereocenters. The maximum absolute atomic E-state index is 4.97. The van der Waals surface area contributed by atoms with Gasteiger partial charge >= 0.3 is 57.0 Å². The molecule has 6 heavy (non-hydrogen) atoms. The molecule has 0 aliphatic rings. The number of rotatable bonds is 3. The summed E-state index contributed by atoms with van der Waals surface area (Å²) in [6, 6.07) is 0. The second-order valence-corrected chi connectivity index (χ2v) is 3.92. The van der Waals surface area contributed by atoms with Crippen LogP contribution >= 0.6 is 0 Å². The fourth-order valence-corrected chi connectivity index (χ4v) is 0.991. The Balaban J connectivity index is 2.34. The van der Waals surface area contributed by atoms with Crippen LogP contribution in [0, 0.1) is 32.9 Å². The van der Waals surface area contributed by atoms with Crippen LogP contribution in [0.1, 0.15) is 6.92 Å². The Kier molecular flexibility index (Phi) is 7.25.